The minimum Gasteiger partial charge on any atom is -0.379 e. The van der Waals surface area contributed by atoms with Gasteiger partial charge in [-0.1, -0.05) is 17.7 Å². The molecule has 0 aromatic heterocycles. The van der Waals surface area contributed by atoms with Gasteiger partial charge in [0.05, 0.1) is 35.6 Å². The minimum atomic E-state index is -3.40. The fourth-order valence-corrected chi connectivity index (χ4v) is 3.57. The smallest absolute Gasteiger partial charge is 0.187 e. The van der Waals surface area contributed by atoms with Crippen LogP contribution in [0.4, 0.5) is 0 Å². The molecule has 0 bridgehead atoms. The Hall–Kier alpha value is -1.09. The van der Waals surface area contributed by atoms with Crippen LogP contribution in [0.5, 0.6) is 0 Å². The van der Waals surface area contributed by atoms with Crippen LogP contribution in [-0.2, 0) is 21.0 Å². The van der Waals surface area contributed by atoms with Crippen LogP contribution in [0.25, 0.3) is 0 Å². The topological polar surface area (TPSA) is 67.2 Å². The molecule has 1 saturated heterocycles. The molecule has 4 nitrogen and oxygen atoms in total. The predicted molar refractivity (Wildman–Crippen MR) is 62.6 cm³/mol. The number of ether oxygens (including phenoxy) is 1. The molecule has 1 heterocycles. The van der Waals surface area contributed by atoms with E-state index in [1.54, 1.807) is 6.07 Å². The third-order valence-electron chi connectivity index (χ3n) is 2.63. The van der Waals surface area contributed by atoms with Crippen molar-refractivity contribution < 1.29 is 13.2 Å². The molecular weight excluding hydrogens is 262 g/mol. The van der Waals surface area contributed by atoms with E-state index in [0.717, 1.165) is 0 Å². The molecule has 1 aromatic carbocycles. The molecule has 0 radical (unpaired) electrons. The fourth-order valence-electron chi connectivity index (χ4n) is 1.55. The standard InChI is InChI=1S/C11H10ClNO3S/c12-10-5-8(3-4-13)1-2-11(10)17(14,15)9-6-16-7-9/h1-2,5,9H,3,6-7H2. The van der Waals surface area contributed by atoms with Crippen molar-refractivity contribution in [2.45, 2.75) is 16.6 Å². The Morgan fingerprint density at radius 3 is 2.65 bits per heavy atom. The summed E-state index contributed by atoms with van der Waals surface area (Å²) in [5, 5.41) is 8.22. The molecule has 1 aromatic rings. The molecule has 0 atom stereocenters. The molecule has 0 spiro atoms. The summed E-state index contributed by atoms with van der Waals surface area (Å²) < 4.78 is 29.0. The average Bonchev–Trinajstić information content (AvgIpc) is 2.13. The summed E-state index contributed by atoms with van der Waals surface area (Å²) in [7, 11) is -3.40. The van der Waals surface area contributed by atoms with Gasteiger partial charge in [-0.05, 0) is 17.7 Å². The van der Waals surface area contributed by atoms with Crippen molar-refractivity contribution in [1.29, 1.82) is 5.26 Å². The van der Waals surface area contributed by atoms with E-state index in [4.69, 9.17) is 21.6 Å². The van der Waals surface area contributed by atoms with Gasteiger partial charge >= 0.3 is 0 Å². The Morgan fingerprint density at radius 1 is 1.47 bits per heavy atom. The first-order valence-corrected chi connectivity index (χ1v) is 6.95. The summed E-state index contributed by atoms with van der Waals surface area (Å²) in [6, 6.07) is 6.58. The quantitative estimate of drug-likeness (QED) is 0.837. The molecule has 90 valence electrons. The maximum Gasteiger partial charge on any atom is 0.187 e. The average molecular weight is 272 g/mol. The van der Waals surface area contributed by atoms with Crippen LogP contribution in [0.3, 0.4) is 0 Å². The van der Waals surface area contributed by atoms with Gasteiger partial charge in [0.15, 0.2) is 9.84 Å². The largest absolute Gasteiger partial charge is 0.379 e. The number of rotatable bonds is 3. The highest BCUT2D eigenvalue weighted by Gasteiger charge is 2.35. The monoisotopic (exact) mass is 271 g/mol. The highest BCUT2D eigenvalue weighted by atomic mass is 35.5. The van der Waals surface area contributed by atoms with E-state index in [2.05, 4.69) is 0 Å². The van der Waals surface area contributed by atoms with Crippen LogP contribution in [0.2, 0.25) is 5.02 Å². The lowest BCUT2D eigenvalue weighted by atomic mass is 10.2. The summed E-state index contributed by atoms with van der Waals surface area (Å²) >= 11 is 5.95. The lowest BCUT2D eigenvalue weighted by molar-refractivity contribution is 0.0416. The van der Waals surface area contributed by atoms with Gasteiger partial charge in [0.25, 0.3) is 0 Å². The van der Waals surface area contributed by atoms with E-state index in [1.807, 2.05) is 6.07 Å². The van der Waals surface area contributed by atoms with E-state index in [9.17, 15) is 8.42 Å². The summed E-state index contributed by atoms with van der Waals surface area (Å²) in [5.74, 6) is 0. The van der Waals surface area contributed by atoms with Crippen LogP contribution in [0.15, 0.2) is 23.1 Å². The van der Waals surface area contributed by atoms with E-state index in [0.29, 0.717) is 5.56 Å². The van der Waals surface area contributed by atoms with Crippen LogP contribution in [0, 0.1) is 11.3 Å². The molecule has 1 aliphatic rings. The number of benzene rings is 1. The fraction of sp³-hybridized carbons (Fsp3) is 0.364. The van der Waals surface area contributed by atoms with Crippen molar-refractivity contribution in [2.24, 2.45) is 0 Å². The van der Waals surface area contributed by atoms with Gasteiger partial charge in [0.2, 0.25) is 0 Å². The number of hydrogen-bond acceptors (Lipinski definition) is 4. The molecule has 0 N–H and O–H groups in total. The van der Waals surface area contributed by atoms with Gasteiger partial charge in [0.1, 0.15) is 5.25 Å². The Morgan fingerprint density at radius 2 is 2.18 bits per heavy atom. The van der Waals surface area contributed by atoms with Gasteiger partial charge in [-0.2, -0.15) is 5.26 Å². The maximum absolute atomic E-state index is 12.1. The molecule has 6 heteroatoms. The first-order valence-electron chi connectivity index (χ1n) is 5.02. The maximum atomic E-state index is 12.1. The number of halogens is 1. The van der Waals surface area contributed by atoms with Crippen LogP contribution in [-0.4, -0.2) is 26.9 Å². The lowest BCUT2D eigenvalue weighted by Gasteiger charge is -2.26. The number of hydrogen-bond donors (Lipinski definition) is 0. The van der Waals surface area contributed by atoms with Crippen LogP contribution in [0.1, 0.15) is 5.56 Å². The minimum absolute atomic E-state index is 0.120. The summed E-state index contributed by atoms with van der Waals surface area (Å²) in [6.07, 6.45) is 0.215. The summed E-state index contributed by atoms with van der Waals surface area (Å²) in [4.78, 5) is 0.120. The summed E-state index contributed by atoms with van der Waals surface area (Å²) in [5.41, 5.74) is 0.710. The molecule has 1 aliphatic heterocycles. The Balaban J connectivity index is 2.37. The van der Waals surface area contributed by atoms with Crippen molar-refractivity contribution in [3.63, 3.8) is 0 Å². The first-order chi connectivity index (χ1) is 8.05. The third kappa shape index (κ3) is 2.29. The second-order valence-corrected chi connectivity index (χ2v) is 6.41. The number of nitrogens with zero attached hydrogens (tertiary/aromatic N) is 1. The second kappa shape index (κ2) is 4.65. The Kier molecular flexibility index (Phi) is 3.38. The molecule has 0 saturated carbocycles. The van der Waals surface area contributed by atoms with E-state index in [1.165, 1.54) is 12.1 Å². The van der Waals surface area contributed by atoms with Gasteiger partial charge in [-0.25, -0.2) is 8.42 Å². The lowest BCUT2D eigenvalue weighted by Crippen LogP contribution is -2.40. The summed E-state index contributed by atoms with van der Waals surface area (Å²) in [6.45, 7) is 0.442. The normalized spacial score (nSPS) is 16.2. The zero-order valence-electron chi connectivity index (χ0n) is 8.89. The molecule has 0 amide bonds. The first kappa shape index (κ1) is 12.4. The molecule has 17 heavy (non-hydrogen) atoms. The molecule has 2 rings (SSSR count). The number of nitriles is 1. The van der Waals surface area contributed by atoms with Gasteiger partial charge < -0.3 is 4.74 Å². The van der Waals surface area contributed by atoms with Crippen molar-refractivity contribution in [2.75, 3.05) is 13.2 Å². The van der Waals surface area contributed by atoms with Crippen LogP contribution < -0.4 is 0 Å². The number of sulfone groups is 1. The molecule has 0 unspecified atom stereocenters. The molecular formula is C11H10ClNO3S. The van der Waals surface area contributed by atoms with Crippen LogP contribution >= 0.6 is 11.6 Å². The van der Waals surface area contributed by atoms with Gasteiger partial charge in [0, 0.05) is 0 Å². The Bertz CT molecular complexity index is 573. The molecule has 1 fully saturated rings. The third-order valence-corrected chi connectivity index (χ3v) is 5.18. The van der Waals surface area contributed by atoms with Crippen molar-refractivity contribution >= 4 is 21.4 Å². The highest BCUT2D eigenvalue weighted by molar-refractivity contribution is 7.92. The Labute approximate surface area is 105 Å². The van der Waals surface area contributed by atoms with E-state index >= 15 is 0 Å². The van der Waals surface area contributed by atoms with Gasteiger partial charge in [-0.15, -0.1) is 0 Å². The zero-order chi connectivity index (χ0) is 12.5. The van der Waals surface area contributed by atoms with Gasteiger partial charge in [-0.3, -0.25) is 0 Å². The SMILES string of the molecule is N#CCc1ccc(S(=O)(=O)C2COC2)c(Cl)c1. The second-order valence-electron chi connectivity index (χ2n) is 3.80. The van der Waals surface area contributed by atoms with Crippen molar-refractivity contribution in [1.82, 2.24) is 0 Å². The molecule has 0 aliphatic carbocycles. The van der Waals surface area contributed by atoms with E-state index < -0.39 is 15.1 Å². The predicted octanol–water partition coefficient (Wildman–Crippen LogP) is 1.58. The van der Waals surface area contributed by atoms with Crippen molar-refractivity contribution in [3.05, 3.63) is 28.8 Å². The highest BCUT2D eigenvalue weighted by Crippen LogP contribution is 2.28. The zero-order valence-corrected chi connectivity index (χ0v) is 10.5. The van der Waals surface area contributed by atoms with Crippen molar-refractivity contribution in [3.8, 4) is 6.07 Å². The van der Waals surface area contributed by atoms with E-state index in [-0.39, 0.29) is 29.6 Å².